The number of nitro groups is 1. The first kappa shape index (κ1) is 16.1. The highest BCUT2D eigenvalue weighted by molar-refractivity contribution is 5.44. The van der Waals surface area contributed by atoms with Gasteiger partial charge in [-0.2, -0.15) is 0 Å². The first-order valence-electron chi connectivity index (χ1n) is 7.43. The first-order valence-corrected chi connectivity index (χ1v) is 7.43. The lowest BCUT2D eigenvalue weighted by Crippen LogP contribution is -2.20. The Hall–Kier alpha value is -2.27. The van der Waals surface area contributed by atoms with Gasteiger partial charge in [-0.1, -0.05) is 19.1 Å². The van der Waals surface area contributed by atoms with Crippen LogP contribution in [0.2, 0.25) is 0 Å². The minimum absolute atomic E-state index is 0.164. The molecule has 1 atom stereocenters. The molecule has 0 fully saturated rings. The number of benzene rings is 1. The smallest absolute Gasteiger partial charge is 0.272 e. The molecule has 0 aliphatic carbocycles. The average Bonchev–Trinajstić information content (AvgIpc) is 2.53. The second-order valence-corrected chi connectivity index (χ2v) is 5.35. The molecule has 0 bridgehead atoms. The van der Waals surface area contributed by atoms with Crippen molar-refractivity contribution in [3.05, 3.63) is 69.0 Å². The third-order valence-electron chi connectivity index (χ3n) is 4.00. The van der Waals surface area contributed by atoms with Crippen LogP contribution in [0.3, 0.4) is 0 Å². The largest absolute Gasteiger partial charge is 0.306 e. The van der Waals surface area contributed by atoms with Crippen LogP contribution in [0, 0.1) is 17.0 Å². The summed E-state index contributed by atoms with van der Waals surface area (Å²) < 4.78 is 0. The van der Waals surface area contributed by atoms with Crippen LogP contribution in [0.25, 0.3) is 0 Å². The van der Waals surface area contributed by atoms with Gasteiger partial charge in [0.25, 0.3) is 5.69 Å². The van der Waals surface area contributed by atoms with E-state index in [-0.39, 0.29) is 16.7 Å². The summed E-state index contributed by atoms with van der Waals surface area (Å²) in [5.74, 6) is 0. The molecule has 0 spiro atoms. The second-order valence-electron chi connectivity index (χ2n) is 5.35. The van der Waals surface area contributed by atoms with Crippen LogP contribution in [0.1, 0.15) is 42.1 Å². The Kier molecular flexibility index (Phi) is 5.22. The van der Waals surface area contributed by atoms with Crippen LogP contribution in [-0.2, 0) is 13.0 Å². The van der Waals surface area contributed by atoms with Gasteiger partial charge in [0.2, 0.25) is 0 Å². The lowest BCUT2D eigenvalue weighted by atomic mass is 10.0. The maximum atomic E-state index is 11.0. The van der Waals surface area contributed by atoms with E-state index in [9.17, 15) is 10.1 Å². The van der Waals surface area contributed by atoms with E-state index in [1.807, 2.05) is 18.3 Å². The van der Waals surface area contributed by atoms with Crippen LogP contribution in [0.15, 0.2) is 36.7 Å². The Morgan fingerprint density at radius 3 is 2.77 bits per heavy atom. The van der Waals surface area contributed by atoms with E-state index in [1.54, 1.807) is 25.3 Å². The molecule has 0 amide bonds. The Bertz CT molecular complexity index is 671. The molecule has 2 aromatic rings. The molecule has 22 heavy (non-hydrogen) atoms. The zero-order valence-corrected chi connectivity index (χ0v) is 13.2. The number of rotatable bonds is 6. The third kappa shape index (κ3) is 3.49. The molecular formula is C17H21N3O2. The van der Waals surface area contributed by atoms with E-state index >= 15 is 0 Å². The van der Waals surface area contributed by atoms with Gasteiger partial charge in [-0.3, -0.25) is 15.1 Å². The van der Waals surface area contributed by atoms with E-state index in [0.717, 1.165) is 17.5 Å². The number of nitrogens with zero attached hydrogens (tertiary/aromatic N) is 2. The summed E-state index contributed by atoms with van der Waals surface area (Å²) in [5.41, 5.74) is 4.29. The van der Waals surface area contributed by atoms with Crippen LogP contribution in [0.5, 0.6) is 0 Å². The number of aryl methyl sites for hydroxylation is 1. The SMILES string of the molecule is CCc1cnccc1C(C)NCc1cccc([N+](=O)[O-])c1C. The van der Waals surface area contributed by atoms with Crippen LogP contribution in [0.4, 0.5) is 5.69 Å². The van der Waals surface area contributed by atoms with Gasteiger partial charge in [-0.05, 0) is 43.0 Å². The van der Waals surface area contributed by atoms with Crippen molar-refractivity contribution in [3.8, 4) is 0 Å². The zero-order chi connectivity index (χ0) is 16.1. The van der Waals surface area contributed by atoms with Gasteiger partial charge in [0, 0.05) is 36.6 Å². The summed E-state index contributed by atoms with van der Waals surface area (Å²) in [6.45, 7) is 6.60. The number of pyridine rings is 1. The van der Waals surface area contributed by atoms with Crippen molar-refractivity contribution in [1.82, 2.24) is 10.3 Å². The molecule has 0 radical (unpaired) electrons. The number of hydrogen-bond acceptors (Lipinski definition) is 4. The van der Waals surface area contributed by atoms with E-state index in [1.165, 1.54) is 11.1 Å². The highest BCUT2D eigenvalue weighted by atomic mass is 16.6. The molecule has 1 aromatic heterocycles. The van der Waals surface area contributed by atoms with Gasteiger partial charge in [0.15, 0.2) is 0 Å². The molecule has 5 heteroatoms. The zero-order valence-electron chi connectivity index (χ0n) is 13.2. The Labute approximate surface area is 130 Å². The van der Waals surface area contributed by atoms with Crippen molar-refractivity contribution in [3.63, 3.8) is 0 Å². The fourth-order valence-electron chi connectivity index (χ4n) is 2.59. The molecule has 2 rings (SSSR count). The minimum atomic E-state index is -0.333. The number of nitrogens with one attached hydrogen (secondary N) is 1. The van der Waals surface area contributed by atoms with Gasteiger partial charge < -0.3 is 5.32 Å². The number of nitro benzene ring substituents is 1. The summed E-state index contributed by atoms with van der Waals surface area (Å²) >= 11 is 0. The number of aromatic nitrogens is 1. The van der Waals surface area contributed by atoms with E-state index in [0.29, 0.717) is 6.54 Å². The van der Waals surface area contributed by atoms with Crippen molar-refractivity contribution in [2.24, 2.45) is 0 Å². The maximum Gasteiger partial charge on any atom is 0.272 e. The fraction of sp³-hybridized carbons (Fsp3) is 0.353. The van der Waals surface area contributed by atoms with Crippen molar-refractivity contribution < 1.29 is 4.92 Å². The van der Waals surface area contributed by atoms with E-state index < -0.39 is 0 Å². The summed E-state index contributed by atoms with van der Waals surface area (Å²) in [5, 5.41) is 14.4. The molecule has 1 heterocycles. The van der Waals surface area contributed by atoms with Gasteiger partial charge in [0.1, 0.15) is 0 Å². The summed E-state index contributed by atoms with van der Waals surface area (Å²) in [6.07, 6.45) is 4.63. The Morgan fingerprint density at radius 1 is 1.32 bits per heavy atom. The molecule has 1 N–H and O–H groups in total. The van der Waals surface area contributed by atoms with Crippen LogP contribution >= 0.6 is 0 Å². The van der Waals surface area contributed by atoms with Crippen LogP contribution < -0.4 is 5.32 Å². The van der Waals surface area contributed by atoms with Gasteiger partial charge in [-0.25, -0.2) is 0 Å². The molecule has 1 aromatic carbocycles. The van der Waals surface area contributed by atoms with Gasteiger partial charge >= 0.3 is 0 Å². The van der Waals surface area contributed by atoms with Gasteiger partial charge in [0.05, 0.1) is 4.92 Å². The Morgan fingerprint density at radius 2 is 2.09 bits per heavy atom. The molecule has 5 nitrogen and oxygen atoms in total. The Balaban J connectivity index is 2.13. The average molecular weight is 299 g/mol. The monoisotopic (exact) mass is 299 g/mol. The van der Waals surface area contributed by atoms with Crippen molar-refractivity contribution >= 4 is 5.69 Å². The molecule has 116 valence electrons. The quantitative estimate of drug-likeness (QED) is 0.652. The fourth-order valence-corrected chi connectivity index (χ4v) is 2.59. The molecule has 0 saturated carbocycles. The lowest BCUT2D eigenvalue weighted by Gasteiger charge is -2.18. The summed E-state index contributed by atoms with van der Waals surface area (Å²) in [6, 6.07) is 7.39. The summed E-state index contributed by atoms with van der Waals surface area (Å²) in [4.78, 5) is 14.8. The molecule has 1 unspecified atom stereocenters. The van der Waals surface area contributed by atoms with Crippen molar-refractivity contribution in [2.75, 3.05) is 0 Å². The highest BCUT2D eigenvalue weighted by Crippen LogP contribution is 2.22. The van der Waals surface area contributed by atoms with E-state index in [2.05, 4.69) is 24.1 Å². The standard InChI is InChI=1S/C17H21N3O2/c1-4-14-10-18-9-8-16(14)13(3)19-11-15-6-5-7-17(12(15)2)20(21)22/h5-10,13,19H,4,11H2,1-3H3. The molecule has 0 saturated heterocycles. The molecule has 0 aliphatic rings. The maximum absolute atomic E-state index is 11.0. The third-order valence-corrected chi connectivity index (χ3v) is 4.00. The predicted octanol–water partition coefficient (Wildman–Crippen LogP) is 3.71. The minimum Gasteiger partial charge on any atom is -0.306 e. The lowest BCUT2D eigenvalue weighted by molar-refractivity contribution is -0.385. The van der Waals surface area contributed by atoms with Gasteiger partial charge in [-0.15, -0.1) is 0 Å². The number of hydrogen-bond donors (Lipinski definition) is 1. The topological polar surface area (TPSA) is 68.1 Å². The highest BCUT2D eigenvalue weighted by Gasteiger charge is 2.14. The summed E-state index contributed by atoms with van der Waals surface area (Å²) in [7, 11) is 0. The molecule has 0 aliphatic heterocycles. The normalized spacial score (nSPS) is 12.1. The predicted molar refractivity (Wildman–Crippen MR) is 86.7 cm³/mol. The van der Waals surface area contributed by atoms with Crippen LogP contribution in [-0.4, -0.2) is 9.91 Å². The second kappa shape index (κ2) is 7.13. The van der Waals surface area contributed by atoms with E-state index in [4.69, 9.17) is 0 Å². The molecular weight excluding hydrogens is 278 g/mol. The first-order chi connectivity index (χ1) is 10.5. The van der Waals surface area contributed by atoms with Crippen molar-refractivity contribution in [1.29, 1.82) is 0 Å². The van der Waals surface area contributed by atoms with Crippen molar-refractivity contribution in [2.45, 2.75) is 39.8 Å².